The molecule has 0 aliphatic carbocycles. The molecule has 1 aromatic heterocycles. The minimum absolute atomic E-state index is 0.642. The summed E-state index contributed by atoms with van der Waals surface area (Å²) < 4.78 is 11.4. The van der Waals surface area contributed by atoms with Crippen LogP contribution in [0, 0.1) is 0 Å². The Balaban J connectivity index is 1.55. The Kier molecular flexibility index (Phi) is 6.27. The zero-order valence-corrected chi connectivity index (χ0v) is 14.8. The van der Waals surface area contributed by atoms with Gasteiger partial charge in [0, 0.05) is 11.1 Å². The van der Waals surface area contributed by atoms with Gasteiger partial charge in [0.2, 0.25) is 5.89 Å². The Labute approximate surface area is 149 Å². The first kappa shape index (κ1) is 17.3. The van der Waals surface area contributed by atoms with E-state index in [1.54, 1.807) is 6.26 Å². The van der Waals surface area contributed by atoms with Crippen LogP contribution in [0.1, 0.15) is 39.0 Å². The van der Waals surface area contributed by atoms with E-state index in [4.69, 9.17) is 9.15 Å². The van der Waals surface area contributed by atoms with Gasteiger partial charge >= 0.3 is 0 Å². The highest BCUT2D eigenvalue weighted by Gasteiger charge is 2.08. The number of benzene rings is 2. The van der Waals surface area contributed by atoms with Crippen LogP contribution in [0.15, 0.2) is 65.3 Å². The average Bonchev–Trinajstić information content (AvgIpc) is 3.16. The van der Waals surface area contributed by atoms with E-state index in [1.807, 2.05) is 54.6 Å². The minimum atomic E-state index is 0.642. The molecule has 0 atom stereocenters. The van der Waals surface area contributed by atoms with Crippen molar-refractivity contribution in [3.05, 3.63) is 60.9 Å². The monoisotopic (exact) mass is 335 g/mol. The third-order valence-electron chi connectivity index (χ3n) is 4.19. The maximum atomic E-state index is 5.81. The van der Waals surface area contributed by atoms with E-state index in [0.717, 1.165) is 35.6 Å². The van der Waals surface area contributed by atoms with Crippen molar-refractivity contribution in [1.29, 1.82) is 0 Å². The van der Waals surface area contributed by atoms with Gasteiger partial charge in [-0.1, -0.05) is 50.8 Å². The zero-order chi connectivity index (χ0) is 17.3. The fourth-order valence-corrected chi connectivity index (χ4v) is 2.74. The van der Waals surface area contributed by atoms with E-state index in [0.29, 0.717) is 5.89 Å². The lowest BCUT2D eigenvalue weighted by Crippen LogP contribution is -1.97. The van der Waals surface area contributed by atoms with Gasteiger partial charge in [0.15, 0.2) is 0 Å². The van der Waals surface area contributed by atoms with Crippen LogP contribution in [0.25, 0.3) is 22.7 Å². The van der Waals surface area contributed by atoms with E-state index in [1.165, 1.54) is 25.7 Å². The summed E-state index contributed by atoms with van der Waals surface area (Å²) in [5, 5.41) is 0. The number of ether oxygens (including phenoxy) is 1. The molecule has 25 heavy (non-hydrogen) atoms. The lowest BCUT2D eigenvalue weighted by atomic mass is 10.1. The van der Waals surface area contributed by atoms with Crippen LogP contribution >= 0.6 is 0 Å². The molecule has 0 spiro atoms. The Bertz CT molecular complexity index is 747. The third kappa shape index (κ3) is 4.96. The van der Waals surface area contributed by atoms with Gasteiger partial charge in [-0.25, -0.2) is 4.98 Å². The molecule has 0 saturated heterocycles. The van der Waals surface area contributed by atoms with Crippen molar-refractivity contribution in [3.63, 3.8) is 0 Å². The van der Waals surface area contributed by atoms with Crippen molar-refractivity contribution < 1.29 is 9.15 Å². The number of unbranched alkanes of at least 4 members (excludes halogenated alkanes) is 4. The smallest absolute Gasteiger partial charge is 0.226 e. The number of rotatable bonds is 9. The van der Waals surface area contributed by atoms with Crippen molar-refractivity contribution >= 4 is 0 Å². The van der Waals surface area contributed by atoms with Crippen LogP contribution in [0.4, 0.5) is 0 Å². The predicted molar refractivity (Wildman–Crippen MR) is 102 cm³/mol. The summed E-state index contributed by atoms with van der Waals surface area (Å²) in [6, 6.07) is 18.0. The van der Waals surface area contributed by atoms with Crippen molar-refractivity contribution in [2.24, 2.45) is 0 Å². The van der Waals surface area contributed by atoms with Crippen LogP contribution in [-0.4, -0.2) is 11.6 Å². The predicted octanol–water partition coefficient (Wildman–Crippen LogP) is 6.36. The molecule has 0 aliphatic heterocycles. The molecule has 1 heterocycles. The molecule has 0 N–H and O–H groups in total. The summed E-state index contributed by atoms with van der Waals surface area (Å²) in [4.78, 5) is 4.58. The van der Waals surface area contributed by atoms with Crippen LogP contribution in [0.2, 0.25) is 0 Å². The summed E-state index contributed by atoms with van der Waals surface area (Å²) in [7, 11) is 0. The van der Waals surface area contributed by atoms with E-state index < -0.39 is 0 Å². The molecule has 0 fully saturated rings. The van der Waals surface area contributed by atoms with Crippen LogP contribution in [-0.2, 0) is 0 Å². The lowest BCUT2D eigenvalue weighted by molar-refractivity contribution is 0.304. The highest BCUT2D eigenvalue weighted by atomic mass is 16.5. The molecule has 0 unspecified atom stereocenters. The molecule has 130 valence electrons. The van der Waals surface area contributed by atoms with Gasteiger partial charge in [0.25, 0.3) is 0 Å². The number of hydrogen-bond acceptors (Lipinski definition) is 3. The molecule has 3 nitrogen and oxygen atoms in total. The normalized spacial score (nSPS) is 10.8. The molecule has 3 heteroatoms. The fourth-order valence-electron chi connectivity index (χ4n) is 2.74. The molecule has 3 rings (SSSR count). The SMILES string of the molecule is CCCCCCCOc1ccc(-c2coc(-c3ccccc3)n2)cc1. The van der Waals surface area contributed by atoms with E-state index >= 15 is 0 Å². The molecular weight excluding hydrogens is 310 g/mol. The summed E-state index contributed by atoms with van der Waals surface area (Å²) in [6.07, 6.45) is 7.95. The maximum Gasteiger partial charge on any atom is 0.226 e. The van der Waals surface area contributed by atoms with E-state index in [2.05, 4.69) is 11.9 Å². The van der Waals surface area contributed by atoms with Gasteiger partial charge in [-0.05, 0) is 42.8 Å². The maximum absolute atomic E-state index is 5.81. The van der Waals surface area contributed by atoms with Gasteiger partial charge < -0.3 is 9.15 Å². The third-order valence-corrected chi connectivity index (χ3v) is 4.19. The highest BCUT2D eigenvalue weighted by molar-refractivity contribution is 5.63. The number of oxazole rings is 1. The summed E-state index contributed by atoms with van der Waals surface area (Å²) in [5.41, 5.74) is 2.85. The van der Waals surface area contributed by atoms with Crippen LogP contribution in [0.3, 0.4) is 0 Å². The Morgan fingerprint density at radius 2 is 1.60 bits per heavy atom. The number of nitrogens with zero attached hydrogens (tertiary/aromatic N) is 1. The topological polar surface area (TPSA) is 35.3 Å². The molecule has 0 amide bonds. The standard InChI is InChI=1S/C22H25NO2/c1-2-3-4-5-9-16-24-20-14-12-18(13-15-20)21-17-25-22(23-21)19-10-7-6-8-11-19/h6-8,10-15,17H,2-5,9,16H2,1H3. The summed E-state index contributed by atoms with van der Waals surface area (Å²) in [6.45, 7) is 3.01. The Morgan fingerprint density at radius 1 is 0.840 bits per heavy atom. The average molecular weight is 335 g/mol. The molecule has 0 radical (unpaired) electrons. The number of hydrogen-bond donors (Lipinski definition) is 0. The Hall–Kier alpha value is -2.55. The largest absolute Gasteiger partial charge is 0.494 e. The summed E-state index contributed by atoms with van der Waals surface area (Å²) in [5.74, 6) is 1.55. The fraction of sp³-hybridized carbons (Fsp3) is 0.318. The Morgan fingerprint density at radius 3 is 2.36 bits per heavy atom. The van der Waals surface area contributed by atoms with E-state index in [-0.39, 0.29) is 0 Å². The second-order valence-corrected chi connectivity index (χ2v) is 6.19. The quantitative estimate of drug-likeness (QED) is 0.427. The lowest BCUT2D eigenvalue weighted by Gasteiger charge is -2.06. The van der Waals surface area contributed by atoms with Crippen molar-refractivity contribution in [2.75, 3.05) is 6.61 Å². The zero-order valence-electron chi connectivity index (χ0n) is 14.8. The second kappa shape index (κ2) is 9.07. The highest BCUT2D eigenvalue weighted by Crippen LogP contribution is 2.26. The first-order valence-corrected chi connectivity index (χ1v) is 9.11. The van der Waals surface area contributed by atoms with Gasteiger partial charge in [-0.2, -0.15) is 0 Å². The van der Waals surface area contributed by atoms with Gasteiger partial charge in [0.1, 0.15) is 17.7 Å². The molecular formula is C22H25NO2. The molecule has 0 saturated carbocycles. The molecule has 2 aromatic carbocycles. The second-order valence-electron chi connectivity index (χ2n) is 6.19. The van der Waals surface area contributed by atoms with Crippen molar-refractivity contribution in [1.82, 2.24) is 4.98 Å². The van der Waals surface area contributed by atoms with Crippen LogP contribution in [0.5, 0.6) is 5.75 Å². The molecule has 0 bridgehead atoms. The molecule has 0 aliphatic rings. The first-order chi connectivity index (χ1) is 12.4. The van der Waals surface area contributed by atoms with Gasteiger partial charge in [-0.15, -0.1) is 0 Å². The summed E-state index contributed by atoms with van der Waals surface area (Å²) >= 11 is 0. The molecule has 3 aromatic rings. The van der Waals surface area contributed by atoms with Crippen molar-refractivity contribution in [2.45, 2.75) is 39.0 Å². The first-order valence-electron chi connectivity index (χ1n) is 9.11. The number of aromatic nitrogens is 1. The van der Waals surface area contributed by atoms with Crippen molar-refractivity contribution in [3.8, 4) is 28.5 Å². The minimum Gasteiger partial charge on any atom is -0.494 e. The van der Waals surface area contributed by atoms with E-state index in [9.17, 15) is 0 Å². The van der Waals surface area contributed by atoms with Crippen LogP contribution < -0.4 is 4.74 Å². The van der Waals surface area contributed by atoms with Gasteiger partial charge in [0.05, 0.1) is 6.61 Å². The van der Waals surface area contributed by atoms with Gasteiger partial charge in [-0.3, -0.25) is 0 Å².